The van der Waals surface area contributed by atoms with Crippen molar-refractivity contribution in [3.05, 3.63) is 65.2 Å². The monoisotopic (exact) mass is 362 g/mol. The minimum Gasteiger partial charge on any atom is -0.491 e. The average molecular weight is 363 g/mol. The maximum atomic E-state index is 9.62. The maximum Gasteiger partial charge on any atom is 0.119 e. The Hall–Kier alpha value is -1.84. The molecule has 0 aliphatic heterocycles. The van der Waals surface area contributed by atoms with E-state index in [-0.39, 0.29) is 40.9 Å². The van der Waals surface area contributed by atoms with E-state index in [0.717, 1.165) is 5.75 Å². The third-order valence-corrected chi connectivity index (χ3v) is 4.15. The molecule has 1 unspecified atom stereocenters. The summed E-state index contributed by atoms with van der Waals surface area (Å²) in [6.07, 6.45) is -0.608. The van der Waals surface area contributed by atoms with Gasteiger partial charge in [0.1, 0.15) is 18.5 Å². The molecule has 0 aliphatic rings. The molecule has 0 radical (unpaired) electrons. The summed E-state index contributed by atoms with van der Waals surface area (Å²) in [7, 11) is 1.56. The number of aryl methyl sites for hydroxylation is 1. The van der Waals surface area contributed by atoms with E-state index in [0.29, 0.717) is 0 Å². The van der Waals surface area contributed by atoms with Crippen LogP contribution in [0, 0.1) is 6.92 Å². The van der Waals surface area contributed by atoms with Gasteiger partial charge in [-0.2, -0.15) is 0 Å². The van der Waals surface area contributed by atoms with Gasteiger partial charge in [0.05, 0.1) is 6.61 Å². The van der Waals surface area contributed by atoms with Crippen LogP contribution in [0.3, 0.4) is 0 Å². The highest BCUT2D eigenvalue weighted by atomic mass is 16.5. The summed E-state index contributed by atoms with van der Waals surface area (Å²) in [6.45, 7) is 7.04. The van der Waals surface area contributed by atoms with Crippen LogP contribution in [0.4, 0.5) is 0 Å². The molecule has 0 aliphatic carbocycles. The Kier molecular flexibility index (Phi) is 11.9. The molecule has 2 rings (SSSR count). The summed E-state index contributed by atoms with van der Waals surface area (Å²) >= 11 is 0. The second-order valence-electron chi connectivity index (χ2n) is 6.44. The van der Waals surface area contributed by atoms with Gasteiger partial charge in [-0.15, -0.1) is 0 Å². The molecule has 0 aromatic heterocycles. The van der Waals surface area contributed by atoms with Gasteiger partial charge in [0, 0.05) is 12.5 Å². The van der Waals surface area contributed by atoms with Gasteiger partial charge in [-0.05, 0) is 30.2 Å². The fourth-order valence-electron chi connectivity index (χ4n) is 2.54. The largest absolute Gasteiger partial charge is 0.491 e. The molecule has 0 saturated heterocycles. The quantitative estimate of drug-likeness (QED) is 0.695. The normalized spacial score (nSPS) is 11.4. The third kappa shape index (κ3) is 6.81. The average Bonchev–Trinajstić information content (AvgIpc) is 2.54. The van der Waals surface area contributed by atoms with Crippen LogP contribution in [-0.4, -0.2) is 31.5 Å². The summed E-state index contributed by atoms with van der Waals surface area (Å²) in [5.41, 5.74) is 3.71. The van der Waals surface area contributed by atoms with Crippen LogP contribution in [0.2, 0.25) is 0 Å². The molecule has 0 spiro atoms. The van der Waals surface area contributed by atoms with Gasteiger partial charge in [-0.1, -0.05) is 78.1 Å². The lowest BCUT2D eigenvalue weighted by Gasteiger charge is -2.26. The summed E-state index contributed by atoms with van der Waals surface area (Å²) in [4.78, 5) is 0. The van der Waals surface area contributed by atoms with Crippen LogP contribution in [0.25, 0.3) is 0 Å². The Morgan fingerprint density at radius 3 is 1.77 bits per heavy atom. The van der Waals surface area contributed by atoms with Gasteiger partial charge in [0.15, 0.2) is 0 Å². The zero-order chi connectivity index (χ0) is 16.9. The van der Waals surface area contributed by atoms with Crippen LogP contribution >= 0.6 is 0 Å². The predicted molar refractivity (Wildman–Crippen MR) is 113 cm³/mol. The molecule has 3 nitrogen and oxygen atoms in total. The maximum absolute atomic E-state index is 9.62. The second kappa shape index (κ2) is 11.7. The SMILES string of the molecule is C.C.C.COCC(O)COc1ccc(C(C)(C)c2ccc(C)cc2)cc1. The van der Waals surface area contributed by atoms with Gasteiger partial charge in [-0.25, -0.2) is 0 Å². The summed E-state index contributed by atoms with van der Waals surface area (Å²) in [5, 5.41) is 9.62. The highest BCUT2D eigenvalue weighted by Crippen LogP contribution is 2.32. The van der Waals surface area contributed by atoms with E-state index in [4.69, 9.17) is 9.47 Å². The number of hydrogen-bond acceptors (Lipinski definition) is 3. The Morgan fingerprint density at radius 1 is 0.846 bits per heavy atom. The lowest BCUT2D eigenvalue weighted by molar-refractivity contribution is 0.0325. The first kappa shape index (κ1) is 26.4. The zero-order valence-corrected chi connectivity index (χ0v) is 14.4. The van der Waals surface area contributed by atoms with Crippen molar-refractivity contribution in [2.45, 2.75) is 54.6 Å². The van der Waals surface area contributed by atoms with E-state index in [1.54, 1.807) is 7.11 Å². The first-order valence-electron chi connectivity index (χ1n) is 7.91. The number of methoxy groups -OCH3 is 1. The fourth-order valence-corrected chi connectivity index (χ4v) is 2.54. The predicted octanol–water partition coefficient (Wildman–Crippen LogP) is 5.62. The number of aliphatic hydroxyl groups excluding tert-OH is 1. The Morgan fingerprint density at radius 2 is 1.31 bits per heavy atom. The molecule has 0 fully saturated rings. The van der Waals surface area contributed by atoms with Crippen LogP contribution in [0.15, 0.2) is 48.5 Å². The van der Waals surface area contributed by atoms with Crippen molar-refractivity contribution in [1.82, 2.24) is 0 Å². The molecule has 148 valence electrons. The number of ether oxygens (including phenoxy) is 2. The molecule has 3 heteroatoms. The second-order valence-corrected chi connectivity index (χ2v) is 6.44. The summed E-state index contributed by atoms with van der Waals surface area (Å²) < 4.78 is 10.5. The van der Waals surface area contributed by atoms with Crippen molar-refractivity contribution in [2.75, 3.05) is 20.3 Å². The smallest absolute Gasteiger partial charge is 0.119 e. The molecule has 2 aromatic carbocycles. The minimum atomic E-state index is -0.608. The summed E-state index contributed by atoms with van der Waals surface area (Å²) in [5.74, 6) is 0.753. The topological polar surface area (TPSA) is 38.7 Å². The van der Waals surface area contributed by atoms with Crippen LogP contribution in [0.1, 0.15) is 52.8 Å². The molecule has 26 heavy (non-hydrogen) atoms. The number of rotatable bonds is 7. The highest BCUT2D eigenvalue weighted by Gasteiger charge is 2.22. The lowest BCUT2D eigenvalue weighted by Crippen LogP contribution is -2.22. The Balaban J connectivity index is 0. The number of aliphatic hydroxyl groups is 1. The molecule has 1 atom stereocenters. The number of benzene rings is 2. The van der Waals surface area contributed by atoms with Crippen LogP contribution in [-0.2, 0) is 10.2 Å². The highest BCUT2D eigenvalue weighted by molar-refractivity contribution is 5.40. The van der Waals surface area contributed by atoms with Gasteiger partial charge in [-0.3, -0.25) is 0 Å². The van der Waals surface area contributed by atoms with Crippen molar-refractivity contribution < 1.29 is 14.6 Å². The van der Waals surface area contributed by atoms with Crippen molar-refractivity contribution in [3.63, 3.8) is 0 Å². The van der Waals surface area contributed by atoms with Gasteiger partial charge in [0.2, 0.25) is 0 Å². The zero-order valence-electron chi connectivity index (χ0n) is 14.4. The fraction of sp³-hybridized carbons (Fsp3) is 0.478. The molecule has 0 amide bonds. The van der Waals surface area contributed by atoms with Gasteiger partial charge in [0.25, 0.3) is 0 Å². The molecule has 1 N–H and O–H groups in total. The third-order valence-electron chi connectivity index (χ3n) is 4.15. The van der Waals surface area contributed by atoms with Crippen molar-refractivity contribution in [2.24, 2.45) is 0 Å². The van der Waals surface area contributed by atoms with Crippen molar-refractivity contribution >= 4 is 0 Å². The van der Waals surface area contributed by atoms with Crippen LogP contribution < -0.4 is 4.74 Å². The minimum absolute atomic E-state index is 0. The molecular formula is C23H38O3. The molecule has 0 heterocycles. The van der Waals surface area contributed by atoms with Gasteiger partial charge >= 0.3 is 0 Å². The van der Waals surface area contributed by atoms with Crippen molar-refractivity contribution in [1.29, 1.82) is 0 Å². The lowest BCUT2D eigenvalue weighted by atomic mass is 9.78. The first-order valence-corrected chi connectivity index (χ1v) is 7.91. The van der Waals surface area contributed by atoms with E-state index in [9.17, 15) is 5.11 Å². The van der Waals surface area contributed by atoms with E-state index in [2.05, 4.69) is 57.2 Å². The Labute approximate surface area is 161 Å². The van der Waals surface area contributed by atoms with Gasteiger partial charge < -0.3 is 14.6 Å². The van der Waals surface area contributed by atoms with E-state index in [1.165, 1.54) is 16.7 Å². The molecule has 0 bridgehead atoms. The van der Waals surface area contributed by atoms with E-state index in [1.807, 2.05) is 12.1 Å². The van der Waals surface area contributed by atoms with Crippen molar-refractivity contribution in [3.8, 4) is 5.75 Å². The standard InChI is InChI=1S/C20H26O3.3CH4/c1-15-5-7-16(8-6-15)20(2,3)17-9-11-19(12-10-17)23-14-18(21)13-22-4;;;/h5-12,18,21H,13-14H2,1-4H3;3*1H4. The Bertz CT molecular complexity index is 600. The molecule has 0 saturated carbocycles. The molecular weight excluding hydrogens is 324 g/mol. The first-order chi connectivity index (χ1) is 10.9. The number of hydrogen-bond donors (Lipinski definition) is 1. The van der Waals surface area contributed by atoms with E-state index >= 15 is 0 Å². The molecule has 2 aromatic rings. The summed E-state index contributed by atoms with van der Waals surface area (Å²) in [6, 6.07) is 16.7. The van der Waals surface area contributed by atoms with Crippen LogP contribution in [0.5, 0.6) is 5.75 Å². The van der Waals surface area contributed by atoms with E-state index < -0.39 is 6.10 Å².